The zero-order valence-electron chi connectivity index (χ0n) is 12.7. The molecule has 3 rings (SSSR count). The Kier molecular flexibility index (Phi) is 4.81. The first kappa shape index (κ1) is 13.9. The third kappa shape index (κ3) is 4.19. The summed E-state index contributed by atoms with van der Waals surface area (Å²) in [5.74, 6) is 3.04. The lowest BCUT2D eigenvalue weighted by molar-refractivity contribution is 0.209. The van der Waals surface area contributed by atoms with Gasteiger partial charge in [0.05, 0.1) is 0 Å². The Labute approximate surface area is 119 Å². The van der Waals surface area contributed by atoms with Crippen molar-refractivity contribution in [3.63, 3.8) is 0 Å². The van der Waals surface area contributed by atoms with Gasteiger partial charge in [0.2, 0.25) is 0 Å². The van der Waals surface area contributed by atoms with Crippen molar-refractivity contribution in [1.29, 1.82) is 0 Å². The van der Waals surface area contributed by atoms with Crippen molar-refractivity contribution in [2.45, 2.75) is 64.3 Å². The normalized spacial score (nSPS) is 38.1. The van der Waals surface area contributed by atoms with Gasteiger partial charge in [0.15, 0.2) is 0 Å². The molecule has 0 radical (unpaired) electrons. The van der Waals surface area contributed by atoms with Gasteiger partial charge in [-0.3, -0.25) is 0 Å². The van der Waals surface area contributed by atoms with E-state index in [2.05, 4.69) is 17.1 Å². The van der Waals surface area contributed by atoms with Crippen molar-refractivity contribution in [3.8, 4) is 0 Å². The molecule has 1 aliphatic heterocycles. The summed E-state index contributed by atoms with van der Waals surface area (Å²) in [4.78, 5) is 2.76. The molecule has 1 atom stereocenters. The van der Waals surface area contributed by atoms with Crippen LogP contribution in [0.3, 0.4) is 0 Å². The molecule has 1 heterocycles. The van der Waals surface area contributed by atoms with E-state index in [-0.39, 0.29) is 0 Å². The minimum absolute atomic E-state index is 0.814. The zero-order valence-corrected chi connectivity index (χ0v) is 12.7. The van der Waals surface area contributed by atoms with E-state index < -0.39 is 0 Å². The highest BCUT2D eigenvalue weighted by atomic mass is 15.2. The molecule has 2 aliphatic carbocycles. The van der Waals surface area contributed by atoms with Crippen LogP contribution in [-0.4, -0.2) is 37.1 Å². The van der Waals surface area contributed by atoms with E-state index >= 15 is 0 Å². The van der Waals surface area contributed by atoms with Crippen LogP contribution < -0.4 is 5.32 Å². The Balaban J connectivity index is 1.40. The van der Waals surface area contributed by atoms with Gasteiger partial charge in [0, 0.05) is 12.6 Å². The topological polar surface area (TPSA) is 15.3 Å². The monoisotopic (exact) mass is 264 g/mol. The Morgan fingerprint density at radius 2 is 1.84 bits per heavy atom. The highest BCUT2D eigenvalue weighted by Gasteiger charge is 2.33. The fourth-order valence-electron chi connectivity index (χ4n) is 4.02. The number of nitrogens with one attached hydrogen (secondary N) is 1. The molecule has 0 bridgehead atoms. The summed E-state index contributed by atoms with van der Waals surface area (Å²) in [6.07, 6.45) is 11.7. The van der Waals surface area contributed by atoms with Crippen LogP contribution >= 0.6 is 0 Å². The van der Waals surface area contributed by atoms with Crippen LogP contribution in [0.1, 0.15) is 58.3 Å². The van der Waals surface area contributed by atoms with Gasteiger partial charge in [0.1, 0.15) is 0 Å². The van der Waals surface area contributed by atoms with Gasteiger partial charge in [-0.25, -0.2) is 0 Å². The largest absolute Gasteiger partial charge is 0.312 e. The molecule has 1 N–H and O–H groups in total. The maximum absolute atomic E-state index is 3.78. The standard InChI is InChI=1S/C17H32N2/c1-14-3-5-15(6-4-14)9-12-19-11-2-10-18-17(13-19)16-7-8-16/h14-18H,2-13H2,1H3. The molecule has 1 saturated heterocycles. The lowest BCUT2D eigenvalue weighted by Gasteiger charge is -2.29. The van der Waals surface area contributed by atoms with Crippen LogP contribution in [0.4, 0.5) is 0 Å². The van der Waals surface area contributed by atoms with Crippen LogP contribution in [-0.2, 0) is 0 Å². The number of nitrogens with zero attached hydrogens (tertiary/aromatic N) is 1. The molecule has 19 heavy (non-hydrogen) atoms. The second-order valence-corrected chi connectivity index (χ2v) is 7.47. The van der Waals surface area contributed by atoms with E-state index in [0.717, 1.165) is 23.8 Å². The Morgan fingerprint density at radius 3 is 2.58 bits per heavy atom. The van der Waals surface area contributed by atoms with Crippen LogP contribution in [0.25, 0.3) is 0 Å². The summed E-state index contributed by atoms with van der Waals surface area (Å²) in [7, 11) is 0. The summed E-state index contributed by atoms with van der Waals surface area (Å²) in [5, 5.41) is 3.78. The second-order valence-electron chi connectivity index (χ2n) is 7.47. The third-order valence-corrected chi connectivity index (χ3v) is 5.69. The van der Waals surface area contributed by atoms with E-state index in [1.165, 1.54) is 77.5 Å². The fourth-order valence-corrected chi connectivity index (χ4v) is 4.02. The summed E-state index contributed by atoms with van der Waals surface area (Å²) >= 11 is 0. The third-order valence-electron chi connectivity index (χ3n) is 5.69. The quantitative estimate of drug-likeness (QED) is 0.838. The van der Waals surface area contributed by atoms with Crippen LogP contribution in [0.5, 0.6) is 0 Å². The lowest BCUT2D eigenvalue weighted by atomic mass is 9.81. The molecule has 2 saturated carbocycles. The van der Waals surface area contributed by atoms with E-state index in [0.29, 0.717) is 0 Å². The molecule has 2 heteroatoms. The van der Waals surface area contributed by atoms with Crippen molar-refractivity contribution in [1.82, 2.24) is 10.2 Å². The van der Waals surface area contributed by atoms with Gasteiger partial charge in [-0.1, -0.05) is 32.6 Å². The predicted octanol–water partition coefficient (Wildman–Crippen LogP) is 3.28. The maximum atomic E-state index is 3.78. The Morgan fingerprint density at radius 1 is 1.05 bits per heavy atom. The fraction of sp³-hybridized carbons (Fsp3) is 1.00. The molecule has 3 aliphatic rings. The summed E-state index contributed by atoms with van der Waals surface area (Å²) in [6, 6.07) is 0.814. The van der Waals surface area contributed by atoms with Crippen molar-refractivity contribution in [3.05, 3.63) is 0 Å². The van der Waals surface area contributed by atoms with Gasteiger partial charge >= 0.3 is 0 Å². The van der Waals surface area contributed by atoms with Crippen molar-refractivity contribution in [2.24, 2.45) is 17.8 Å². The van der Waals surface area contributed by atoms with Gasteiger partial charge in [-0.15, -0.1) is 0 Å². The van der Waals surface area contributed by atoms with Crippen LogP contribution in [0.15, 0.2) is 0 Å². The summed E-state index contributed by atoms with van der Waals surface area (Å²) in [6.45, 7) is 7.70. The highest BCUT2D eigenvalue weighted by Crippen LogP contribution is 2.34. The number of rotatable bonds is 4. The van der Waals surface area contributed by atoms with Crippen molar-refractivity contribution >= 4 is 0 Å². The van der Waals surface area contributed by atoms with E-state index in [1.807, 2.05) is 0 Å². The SMILES string of the molecule is CC1CCC(CCN2CCCNC(C3CC3)C2)CC1. The van der Waals surface area contributed by atoms with Crippen molar-refractivity contribution in [2.75, 3.05) is 26.2 Å². The van der Waals surface area contributed by atoms with E-state index in [4.69, 9.17) is 0 Å². The minimum Gasteiger partial charge on any atom is -0.312 e. The van der Waals surface area contributed by atoms with Gasteiger partial charge in [-0.2, -0.15) is 0 Å². The molecule has 3 fully saturated rings. The van der Waals surface area contributed by atoms with Crippen LogP contribution in [0, 0.1) is 17.8 Å². The Bertz CT molecular complexity index is 266. The molecular weight excluding hydrogens is 232 g/mol. The van der Waals surface area contributed by atoms with Gasteiger partial charge in [-0.05, 0) is 63.1 Å². The van der Waals surface area contributed by atoms with Gasteiger partial charge < -0.3 is 10.2 Å². The molecule has 0 aromatic carbocycles. The molecule has 110 valence electrons. The van der Waals surface area contributed by atoms with Crippen LogP contribution in [0.2, 0.25) is 0 Å². The first-order valence-electron chi connectivity index (χ1n) is 8.77. The molecular formula is C17H32N2. The molecule has 0 aromatic heterocycles. The first-order chi connectivity index (χ1) is 9.31. The second kappa shape index (κ2) is 6.58. The average Bonchev–Trinajstić information content (AvgIpc) is 3.25. The summed E-state index contributed by atoms with van der Waals surface area (Å²) in [5.41, 5.74) is 0. The van der Waals surface area contributed by atoms with E-state index in [1.54, 1.807) is 0 Å². The molecule has 0 spiro atoms. The maximum Gasteiger partial charge on any atom is 0.0223 e. The zero-order chi connectivity index (χ0) is 13.1. The minimum atomic E-state index is 0.814. The lowest BCUT2D eigenvalue weighted by Crippen LogP contribution is -2.39. The molecule has 0 amide bonds. The number of hydrogen-bond donors (Lipinski definition) is 1. The van der Waals surface area contributed by atoms with Gasteiger partial charge in [0.25, 0.3) is 0 Å². The molecule has 1 unspecified atom stereocenters. The van der Waals surface area contributed by atoms with Crippen molar-refractivity contribution < 1.29 is 0 Å². The Hall–Kier alpha value is -0.0800. The molecule has 0 aromatic rings. The smallest absolute Gasteiger partial charge is 0.0223 e. The predicted molar refractivity (Wildman–Crippen MR) is 81.3 cm³/mol. The first-order valence-corrected chi connectivity index (χ1v) is 8.77. The molecule has 2 nitrogen and oxygen atoms in total. The number of hydrogen-bond acceptors (Lipinski definition) is 2. The highest BCUT2D eigenvalue weighted by molar-refractivity contribution is 4.90. The average molecular weight is 264 g/mol. The summed E-state index contributed by atoms with van der Waals surface area (Å²) < 4.78 is 0. The van der Waals surface area contributed by atoms with E-state index in [9.17, 15) is 0 Å².